The average Bonchev–Trinajstić information content (AvgIpc) is 3.93. The number of aromatic nitrogens is 1. The van der Waals surface area contributed by atoms with Crippen LogP contribution < -0.4 is 15.8 Å². The molecular weight excluding hydrogens is 804 g/mol. The molecule has 59 heavy (non-hydrogen) atoms. The number of nitrogens with two attached hydrogens (primary N) is 1. The van der Waals surface area contributed by atoms with E-state index >= 15 is 0 Å². The van der Waals surface area contributed by atoms with Crippen molar-refractivity contribution in [1.29, 1.82) is 0 Å². The van der Waals surface area contributed by atoms with Gasteiger partial charge in [0.2, 0.25) is 17.6 Å². The molecule has 2 heterocycles. The van der Waals surface area contributed by atoms with Crippen molar-refractivity contribution in [2.24, 2.45) is 11.7 Å². The van der Waals surface area contributed by atoms with E-state index in [4.69, 9.17) is 29.4 Å². The highest BCUT2D eigenvalue weighted by molar-refractivity contribution is 7.10. The Hall–Kier alpha value is -4.21. The molecule has 0 radical (unpaired) electrons. The lowest BCUT2D eigenvalue weighted by atomic mass is 9.83. The summed E-state index contributed by atoms with van der Waals surface area (Å²) in [5.74, 6) is -3.93. The first-order valence-corrected chi connectivity index (χ1v) is 20.6. The standard InChI is InChI=1S/C39H54F3N5O11S/c1-26(46(2)38(52)58-37(51)39(40,41)42)34(49)45-32(27-8-4-3-5-9-27)36(50)47-14-7-12-31(47)35-44-30(25-59-35)33(48)28-10-6-11-29(24-28)57-23-22-56-21-20-55-19-18-54-17-16-53-15-13-43/h6,10-11,24-27,31-32H,3-5,7-9,12-23,43H2,1-2H3,(H,45,49)/t26-,31-,32-/m0/s1. The Labute approximate surface area is 345 Å². The lowest BCUT2D eigenvalue weighted by molar-refractivity contribution is -0.193. The Morgan fingerprint density at radius 3 is 2.17 bits per heavy atom. The van der Waals surface area contributed by atoms with Gasteiger partial charge in [0.25, 0.3) is 0 Å². The highest BCUT2D eigenvalue weighted by Crippen LogP contribution is 2.37. The maximum absolute atomic E-state index is 14.3. The number of hydrogen-bond donors (Lipinski definition) is 2. The highest BCUT2D eigenvalue weighted by Gasteiger charge is 2.44. The number of ether oxygens (including phenoxy) is 6. The number of esters is 1. The van der Waals surface area contributed by atoms with E-state index in [1.807, 2.05) is 0 Å². The SMILES string of the molecule is C[C@@H](C(=O)N[C@H](C(=O)N1CCC[C@H]1c1nc(C(=O)c2cccc(OCCOCCOCCOCCOCCN)c2)cs1)C1CCCCC1)N(C)C(=O)OC(=O)C(F)(F)F. The quantitative estimate of drug-likeness (QED) is 0.0704. The summed E-state index contributed by atoms with van der Waals surface area (Å²) >= 11 is 1.25. The fraction of sp³-hybridized carbons (Fsp3) is 0.641. The Kier molecular flexibility index (Phi) is 19.4. The van der Waals surface area contributed by atoms with Crippen LogP contribution in [0.3, 0.4) is 0 Å². The van der Waals surface area contributed by atoms with Crippen molar-refractivity contribution in [3.8, 4) is 5.75 Å². The number of likely N-dealkylation sites (tertiary alicyclic amines) is 1. The monoisotopic (exact) mass is 857 g/mol. The molecule has 3 N–H and O–H groups in total. The number of nitrogens with one attached hydrogen (secondary N) is 1. The zero-order chi connectivity index (χ0) is 42.8. The minimum Gasteiger partial charge on any atom is -0.491 e. The molecule has 1 aliphatic carbocycles. The molecule has 0 spiro atoms. The third-order valence-corrected chi connectivity index (χ3v) is 10.8. The van der Waals surface area contributed by atoms with Crippen LogP contribution in [0, 0.1) is 5.92 Å². The number of thiazole rings is 1. The first-order chi connectivity index (χ1) is 28.3. The van der Waals surface area contributed by atoms with Crippen LogP contribution in [0.5, 0.6) is 5.75 Å². The number of halogens is 3. The minimum atomic E-state index is -5.40. The lowest BCUT2D eigenvalue weighted by Gasteiger charge is -2.35. The van der Waals surface area contributed by atoms with E-state index in [9.17, 15) is 37.1 Å². The molecule has 1 aromatic heterocycles. The van der Waals surface area contributed by atoms with Crippen molar-refractivity contribution >= 4 is 41.0 Å². The van der Waals surface area contributed by atoms with Crippen LogP contribution in [0.15, 0.2) is 29.6 Å². The van der Waals surface area contributed by atoms with E-state index in [0.29, 0.717) is 113 Å². The molecule has 3 atom stereocenters. The molecule has 20 heteroatoms. The van der Waals surface area contributed by atoms with Crippen molar-refractivity contribution in [2.45, 2.75) is 76.2 Å². The van der Waals surface area contributed by atoms with E-state index in [-0.39, 0.29) is 29.9 Å². The van der Waals surface area contributed by atoms with Crippen molar-refractivity contribution in [3.05, 3.63) is 45.9 Å². The van der Waals surface area contributed by atoms with Crippen LogP contribution in [0.25, 0.3) is 0 Å². The molecule has 2 aromatic rings. The molecule has 2 aliphatic rings. The van der Waals surface area contributed by atoms with Gasteiger partial charge in [0.15, 0.2) is 0 Å². The Morgan fingerprint density at radius 1 is 0.915 bits per heavy atom. The van der Waals surface area contributed by atoms with Gasteiger partial charge in [-0.1, -0.05) is 31.4 Å². The molecule has 2 fully saturated rings. The van der Waals surface area contributed by atoms with Crippen molar-refractivity contribution < 1.29 is 65.6 Å². The van der Waals surface area contributed by atoms with Crippen molar-refractivity contribution in [3.63, 3.8) is 0 Å². The zero-order valence-electron chi connectivity index (χ0n) is 33.4. The average molecular weight is 858 g/mol. The predicted molar refractivity (Wildman–Crippen MR) is 207 cm³/mol. The molecule has 4 rings (SSSR count). The van der Waals surface area contributed by atoms with Crippen LogP contribution in [0.1, 0.15) is 79.0 Å². The van der Waals surface area contributed by atoms with Gasteiger partial charge < -0.3 is 44.4 Å². The number of hydrogen-bond acceptors (Lipinski definition) is 14. The van der Waals surface area contributed by atoms with E-state index in [1.165, 1.54) is 18.3 Å². The second kappa shape index (κ2) is 24.1. The minimum absolute atomic E-state index is 0.208. The molecule has 0 bridgehead atoms. The van der Waals surface area contributed by atoms with Crippen LogP contribution in [0.2, 0.25) is 0 Å². The molecule has 1 saturated carbocycles. The molecule has 0 unspecified atom stereocenters. The third-order valence-electron chi connectivity index (χ3n) is 9.89. The van der Waals surface area contributed by atoms with Crippen LogP contribution >= 0.6 is 11.3 Å². The topological polar surface area (TPSA) is 198 Å². The van der Waals surface area contributed by atoms with Crippen molar-refractivity contribution in [1.82, 2.24) is 20.1 Å². The summed E-state index contributed by atoms with van der Waals surface area (Å²) in [6.07, 6.45) is -1.86. The molecule has 1 aliphatic heterocycles. The Bertz CT molecular complexity index is 1680. The largest absolute Gasteiger partial charge is 0.491 e. The van der Waals surface area contributed by atoms with Crippen LogP contribution in [0.4, 0.5) is 18.0 Å². The van der Waals surface area contributed by atoms with Gasteiger partial charge >= 0.3 is 18.2 Å². The predicted octanol–water partition coefficient (Wildman–Crippen LogP) is 4.05. The van der Waals surface area contributed by atoms with E-state index < -0.39 is 42.3 Å². The number of rotatable bonds is 23. The number of nitrogens with zero attached hydrogens (tertiary/aromatic N) is 3. The smallest absolute Gasteiger partial charge is 0.491 e. The molecule has 328 valence electrons. The molecular formula is C39H54F3N5O11S. The summed E-state index contributed by atoms with van der Waals surface area (Å²) in [5.41, 5.74) is 5.93. The lowest BCUT2D eigenvalue weighted by Crippen LogP contribution is -2.56. The van der Waals surface area contributed by atoms with Gasteiger partial charge in [0.05, 0.1) is 58.9 Å². The van der Waals surface area contributed by atoms with Crippen LogP contribution in [-0.2, 0) is 38.1 Å². The van der Waals surface area contributed by atoms with E-state index in [1.54, 1.807) is 34.5 Å². The number of alkyl halides is 3. The number of carbonyl (C=O) groups is 5. The second-order valence-corrected chi connectivity index (χ2v) is 14.9. The molecule has 1 saturated heterocycles. The maximum Gasteiger partial charge on any atom is 0.491 e. The van der Waals surface area contributed by atoms with Gasteiger partial charge in [-0.15, -0.1) is 11.3 Å². The van der Waals surface area contributed by atoms with Gasteiger partial charge in [-0.3, -0.25) is 19.3 Å². The van der Waals surface area contributed by atoms with E-state index in [0.717, 1.165) is 26.3 Å². The fourth-order valence-electron chi connectivity index (χ4n) is 6.62. The Morgan fingerprint density at radius 2 is 1.54 bits per heavy atom. The number of benzene rings is 1. The summed E-state index contributed by atoms with van der Waals surface area (Å²) in [4.78, 5) is 71.5. The normalized spacial score (nSPS) is 17.0. The van der Waals surface area contributed by atoms with Gasteiger partial charge in [0.1, 0.15) is 35.1 Å². The van der Waals surface area contributed by atoms with Gasteiger partial charge in [-0.05, 0) is 50.7 Å². The summed E-state index contributed by atoms with van der Waals surface area (Å²) in [7, 11) is 1.02. The third kappa shape index (κ3) is 14.8. The summed E-state index contributed by atoms with van der Waals surface area (Å²) < 4.78 is 69.3. The Balaban J connectivity index is 1.29. The number of amides is 3. The first-order valence-electron chi connectivity index (χ1n) is 19.7. The summed E-state index contributed by atoms with van der Waals surface area (Å²) in [6.45, 7) is 5.80. The maximum atomic E-state index is 14.3. The molecule has 16 nitrogen and oxygen atoms in total. The number of ketones is 1. The van der Waals surface area contributed by atoms with Crippen molar-refractivity contribution in [2.75, 3.05) is 79.6 Å². The molecule has 1 aromatic carbocycles. The second-order valence-electron chi connectivity index (χ2n) is 14.0. The van der Waals surface area contributed by atoms with Gasteiger partial charge in [-0.2, -0.15) is 13.2 Å². The highest BCUT2D eigenvalue weighted by atomic mass is 32.1. The van der Waals surface area contributed by atoms with Crippen LogP contribution in [-0.4, -0.2) is 142 Å². The van der Waals surface area contributed by atoms with E-state index in [2.05, 4.69) is 15.0 Å². The van der Waals surface area contributed by atoms with Gasteiger partial charge in [-0.25, -0.2) is 14.6 Å². The number of likely N-dealkylation sites (N-methyl/N-ethyl adjacent to an activating group) is 1. The van der Waals surface area contributed by atoms with Gasteiger partial charge in [0, 0.05) is 31.1 Å². The summed E-state index contributed by atoms with van der Waals surface area (Å²) in [6, 6.07) is 3.91. The summed E-state index contributed by atoms with van der Waals surface area (Å²) in [5, 5.41) is 4.96. The number of carbonyl (C=O) groups excluding carboxylic acids is 5. The fourth-order valence-corrected chi connectivity index (χ4v) is 7.56. The molecule has 3 amide bonds. The first kappa shape index (κ1) is 47.5. The zero-order valence-corrected chi connectivity index (χ0v) is 34.2.